The van der Waals surface area contributed by atoms with Gasteiger partial charge in [0.2, 0.25) is 0 Å². The van der Waals surface area contributed by atoms with Crippen LogP contribution < -0.4 is 10.5 Å². The Morgan fingerprint density at radius 3 is 2.87 bits per heavy atom. The van der Waals surface area contributed by atoms with Gasteiger partial charge in [0.1, 0.15) is 12.4 Å². The zero-order valence-corrected chi connectivity index (χ0v) is 8.22. The van der Waals surface area contributed by atoms with Crippen molar-refractivity contribution in [2.75, 3.05) is 0 Å². The molecule has 0 aliphatic heterocycles. The third-order valence-electron chi connectivity index (χ3n) is 2.05. The first-order chi connectivity index (χ1) is 7.40. The van der Waals surface area contributed by atoms with E-state index in [1.54, 1.807) is 12.3 Å². The van der Waals surface area contributed by atoms with Crippen molar-refractivity contribution in [3.8, 4) is 5.75 Å². The van der Waals surface area contributed by atoms with E-state index >= 15 is 0 Å². The predicted octanol–water partition coefficient (Wildman–Crippen LogP) is 1.71. The van der Waals surface area contributed by atoms with Crippen molar-refractivity contribution in [3.63, 3.8) is 0 Å². The van der Waals surface area contributed by atoms with Gasteiger partial charge in [0.05, 0.1) is 6.20 Å². The van der Waals surface area contributed by atoms with Gasteiger partial charge in [-0.2, -0.15) is 0 Å². The number of benzene rings is 1. The Morgan fingerprint density at radius 1 is 1.27 bits per heavy atom. The highest BCUT2D eigenvalue weighted by Gasteiger charge is 2.02. The number of nitrogens with two attached hydrogens (primary N) is 1. The Labute approximate surface area is 87.6 Å². The number of ether oxygens (including phenoxy) is 1. The summed E-state index contributed by atoms with van der Waals surface area (Å²) in [6.45, 7) is 0.837. The van der Waals surface area contributed by atoms with Gasteiger partial charge in [-0.3, -0.25) is 0 Å². The topological polar surface area (TPSA) is 61.3 Å². The molecule has 15 heavy (non-hydrogen) atoms. The van der Waals surface area contributed by atoms with Crippen LogP contribution in [-0.4, -0.2) is 5.16 Å². The molecule has 4 heteroatoms. The molecule has 2 rings (SSSR count). The molecule has 2 N–H and O–H groups in total. The van der Waals surface area contributed by atoms with Crippen LogP contribution in [0.15, 0.2) is 41.1 Å². The summed E-state index contributed by atoms with van der Waals surface area (Å²) in [6, 6.07) is 9.44. The maximum Gasteiger partial charge on any atom is 0.174 e. The normalized spacial score (nSPS) is 10.2. The minimum absolute atomic E-state index is 0.372. The van der Waals surface area contributed by atoms with Crippen molar-refractivity contribution < 1.29 is 9.26 Å². The van der Waals surface area contributed by atoms with E-state index in [-0.39, 0.29) is 0 Å². The van der Waals surface area contributed by atoms with Gasteiger partial charge >= 0.3 is 0 Å². The van der Waals surface area contributed by atoms with Crippen LogP contribution in [-0.2, 0) is 13.2 Å². The lowest BCUT2D eigenvalue weighted by atomic mass is 10.2. The van der Waals surface area contributed by atoms with E-state index < -0.39 is 0 Å². The summed E-state index contributed by atoms with van der Waals surface area (Å²) >= 11 is 0. The number of hydrogen-bond acceptors (Lipinski definition) is 4. The average molecular weight is 204 g/mol. The van der Waals surface area contributed by atoms with E-state index in [0.717, 1.165) is 11.3 Å². The lowest BCUT2D eigenvalue weighted by Crippen LogP contribution is -2.01. The predicted molar refractivity (Wildman–Crippen MR) is 55.2 cm³/mol. The molecule has 0 spiro atoms. The molecule has 0 fully saturated rings. The fourth-order valence-electron chi connectivity index (χ4n) is 1.28. The van der Waals surface area contributed by atoms with Crippen LogP contribution in [0, 0.1) is 0 Å². The number of rotatable bonds is 4. The molecule has 0 saturated carbocycles. The SMILES string of the molecule is NCc1ccccc1OCc1ccno1. The Hall–Kier alpha value is -1.81. The summed E-state index contributed by atoms with van der Waals surface area (Å²) in [5, 5.41) is 3.60. The maximum absolute atomic E-state index is 5.58. The average Bonchev–Trinajstić information content (AvgIpc) is 2.79. The molecule has 2 aromatic rings. The molecule has 0 aliphatic carbocycles. The molecule has 0 aliphatic rings. The van der Waals surface area contributed by atoms with E-state index in [0.29, 0.717) is 18.9 Å². The highest BCUT2D eigenvalue weighted by Crippen LogP contribution is 2.18. The van der Waals surface area contributed by atoms with Gasteiger partial charge in [0, 0.05) is 18.2 Å². The molecule has 78 valence electrons. The Balaban J connectivity index is 2.04. The summed E-state index contributed by atoms with van der Waals surface area (Å²) in [6.07, 6.45) is 1.59. The first kappa shape index (κ1) is 9.73. The molecule has 1 aromatic carbocycles. The van der Waals surface area contributed by atoms with E-state index in [1.165, 1.54) is 0 Å². The highest BCUT2D eigenvalue weighted by molar-refractivity contribution is 5.33. The van der Waals surface area contributed by atoms with Crippen molar-refractivity contribution in [2.45, 2.75) is 13.2 Å². The van der Waals surface area contributed by atoms with Crippen LogP contribution in [0.2, 0.25) is 0 Å². The maximum atomic E-state index is 5.58. The molecule has 0 radical (unpaired) electrons. The largest absolute Gasteiger partial charge is 0.485 e. The van der Waals surface area contributed by atoms with Gasteiger partial charge in [0.25, 0.3) is 0 Å². The summed E-state index contributed by atoms with van der Waals surface area (Å²) in [5.41, 5.74) is 6.57. The second-order valence-electron chi connectivity index (χ2n) is 3.08. The number of para-hydroxylation sites is 1. The van der Waals surface area contributed by atoms with Gasteiger partial charge < -0.3 is 15.0 Å². The van der Waals surface area contributed by atoms with E-state index in [4.69, 9.17) is 15.0 Å². The van der Waals surface area contributed by atoms with Crippen molar-refractivity contribution in [1.82, 2.24) is 5.16 Å². The molecule has 0 bridgehead atoms. The fourth-order valence-corrected chi connectivity index (χ4v) is 1.28. The number of hydrogen-bond donors (Lipinski definition) is 1. The lowest BCUT2D eigenvalue weighted by molar-refractivity contribution is 0.247. The second kappa shape index (κ2) is 4.61. The molecule has 1 aromatic heterocycles. The van der Waals surface area contributed by atoms with Crippen molar-refractivity contribution in [2.24, 2.45) is 5.73 Å². The van der Waals surface area contributed by atoms with E-state index in [2.05, 4.69) is 5.16 Å². The quantitative estimate of drug-likeness (QED) is 0.823. The summed E-state index contributed by atoms with van der Waals surface area (Å²) < 4.78 is 10.5. The van der Waals surface area contributed by atoms with Crippen LogP contribution in [0.4, 0.5) is 0 Å². The second-order valence-corrected chi connectivity index (χ2v) is 3.08. The minimum atomic E-state index is 0.372. The monoisotopic (exact) mass is 204 g/mol. The van der Waals surface area contributed by atoms with Gasteiger partial charge in [0.15, 0.2) is 5.76 Å². The summed E-state index contributed by atoms with van der Waals surface area (Å²) in [4.78, 5) is 0. The third-order valence-corrected chi connectivity index (χ3v) is 2.05. The van der Waals surface area contributed by atoms with Gasteiger partial charge in [-0.25, -0.2) is 0 Å². The number of aromatic nitrogens is 1. The van der Waals surface area contributed by atoms with Crippen LogP contribution in [0.5, 0.6) is 5.75 Å². The van der Waals surface area contributed by atoms with Crippen molar-refractivity contribution in [1.29, 1.82) is 0 Å². The third kappa shape index (κ3) is 2.35. The van der Waals surface area contributed by atoms with Gasteiger partial charge in [-0.05, 0) is 6.07 Å². The minimum Gasteiger partial charge on any atom is -0.485 e. The molecule has 1 heterocycles. The number of nitrogens with zero attached hydrogens (tertiary/aromatic N) is 1. The summed E-state index contributed by atoms with van der Waals surface area (Å²) in [5.74, 6) is 1.48. The molecular formula is C11H12N2O2. The zero-order chi connectivity index (χ0) is 10.5. The lowest BCUT2D eigenvalue weighted by Gasteiger charge is -2.07. The molecule has 0 unspecified atom stereocenters. The Bertz CT molecular complexity index is 412. The molecular weight excluding hydrogens is 192 g/mol. The molecule has 0 amide bonds. The Morgan fingerprint density at radius 2 is 2.13 bits per heavy atom. The molecule has 4 nitrogen and oxygen atoms in total. The van der Waals surface area contributed by atoms with E-state index in [9.17, 15) is 0 Å². The zero-order valence-electron chi connectivity index (χ0n) is 8.22. The molecule has 0 saturated heterocycles. The standard InChI is InChI=1S/C11H12N2O2/c12-7-9-3-1-2-4-11(9)14-8-10-5-6-13-15-10/h1-6H,7-8,12H2. The highest BCUT2D eigenvalue weighted by atomic mass is 16.5. The van der Waals surface area contributed by atoms with E-state index in [1.807, 2.05) is 24.3 Å². The first-order valence-electron chi connectivity index (χ1n) is 4.70. The Kier molecular flexibility index (Phi) is 2.99. The van der Waals surface area contributed by atoms with Crippen LogP contribution in [0.25, 0.3) is 0 Å². The van der Waals surface area contributed by atoms with Crippen LogP contribution in [0.3, 0.4) is 0 Å². The van der Waals surface area contributed by atoms with Crippen molar-refractivity contribution in [3.05, 3.63) is 47.9 Å². The van der Waals surface area contributed by atoms with Gasteiger partial charge in [-0.15, -0.1) is 0 Å². The smallest absolute Gasteiger partial charge is 0.174 e. The van der Waals surface area contributed by atoms with Crippen LogP contribution >= 0.6 is 0 Å². The van der Waals surface area contributed by atoms with Crippen LogP contribution in [0.1, 0.15) is 11.3 Å². The molecule has 0 atom stereocenters. The fraction of sp³-hybridized carbons (Fsp3) is 0.182. The summed E-state index contributed by atoms with van der Waals surface area (Å²) in [7, 11) is 0. The van der Waals surface area contributed by atoms with Gasteiger partial charge in [-0.1, -0.05) is 23.4 Å². The first-order valence-corrected chi connectivity index (χ1v) is 4.70. The van der Waals surface area contributed by atoms with Crippen molar-refractivity contribution >= 4 is 0 Å².